The lowest BCUT2D eigenvalue weighted by Gasteiger charge is -2.26. The van der Waals surface area contributed by atoms with Crippen LogP contribution in [0, 0.1) is 6.92 Å². The minimum Gasteiger partial charge on any atom is -0.493 e. The van der Waals surface area contributed by atoms with Gasteiger partial charge in [0.05, 0.1) is 44.9 Å². The molecule has 2 aromatic carbocycles. The SMILES string of the molecule is COCCN1C(=O)c2oc3ccc(C)cc3c(=O)c2[C@H]1c1cc(OC)c(OC)c(OC)c1. The van der Waals surface area contributed by atoms with Gasteiger partial charge < -0.3 is 28.3 Å². The number of ether oxygens (including phenoxy) is 4. The second kappa shape index (κ2) is 8.55. The number of nitrogens with zero attached hydrogens (tertiary/aromatic N) is 1. The van der Waals surface area contributed by atoms with E-state index in [1.54, 1.807) is 36.3 Å². The smallest absolute Gasteiger partial charge is 0.290 e. The van der Waals surface area contributed by atoms with Gasteiger partial charge in [-0.3, -0.25) is 9.59 Å². The van der Waals surface area contributed by atoms with Crippen LogP contribution in [0.15, 0.2) is 39.5 Å². The Labute approximate surface area is 185 Å². The molecule has 8 heteroatoms. The monoisotopic (exact) mass is 439 g/mol. The van der Waals surface area contributed by atoms with Gasteiger partial charge in [-0.15, -0.1) is 0 Å². The predicted octanol–water partition coefficient (Wildman–Crippen LogP) is 3.32. The number of hydrogen-bond acceptors (Lipinski definition) is 7. The van der Waals surface area contributed by atoms with Crippen molar-refractivity contribution in [3.63, 3.8) is 0 Å². The summed E-state index contributed by atoms with van der Waals surface area (Å²) in [5.41, 5.74) is 2.00. The Kier molecular flexibility index (Phi) is 5.80. The number of aryl methyl sites for hydroxylation is 1. The number of rotatable bonds is 7. The van der Waals surface area contributed by atoms with Crippen LogP contribution in [0.1, 0.15) is 33.3 Å². The highest BCUT2D eigenvalue weighted by Crippen LogP contribution is 2.44. The zero-order chi connectivity index (χ0) is 23.0. The summed E-state index contributed by atoms with van der Waals surface area (Å²) in [5.74, 6) is 0.954. The van der Waals surface area contributed by atoms with E-state index in [0.717, 1.165) is 5.56 Å². The van der Waals surface area contributed by atoms with Crippen molar-refractivity contribution in [3.8, 4) is 17.2 Å². The molecule has 1 atom stereocenters. The molecule has 2 heterocycles. The Hall–Kier alpha value is -3.52. The van der Waals surface area contributed by atoms with Crippen LogP contribution in [0.3, 0.4) is 0 Å². The van der Waals surface area contributed by atoms with E-state index in [4.69, 9.17) is 23.4 Å². The van der Waals surface area contributed by atoms with Gasteiger partial charge >= 0.3 is 0 Å². The first kappa shape index (κ1) is 21.7. The molecule has 168 valence electrons. The van der Waals surface area contributed by atoms with Crippen molar-refractivity contribution >= 4 is 16.9 Å². The molecule has 0 saturated heterocycles. The summed E-state index contributed by atoms with van der Waals surface area (Å²) in [6.45, 7) is 2.47. The van der Waals surface area contributed by atoms with Crippen molar-refractivity contribution in [2.75, 3.05) is 41.6 Å². The first-order valence-electron chi connectivity index (χ1n) is 10.1. The lowest BCUT2D eigenvalue weighted by Crippen LogP contribution is -2.32. The number of benzene rings is 2. The van der Waals surface area contributed by atoms with Crippen molar-refractivity contribution < 1.29 is 28.2 Å². The number of carbonyl (C=O) groups is 1. The van der Waals surface area contributed by atoms with Gasteiger partial charge in [0.1, 0.15) is 5.58 Å². The Balaban J connectivity index is 2.00. The lowest BCUT2D eigenvalue weighted by molar-refractivity contribution is 0.0662. The van der Waals surface area contributed by atoms with Crippen molar-refractivity contribution in [1.29, 1.82) is 0 Å². The van der Waals surface area contributed by atoms with Crippen molar-refractivity contribution in [3.05, 3.63) is 63.0 Å². The molecule has 0 unspecified atom stereocenters. The van der Waals surface area contributed by atoms with Crippen LogP contribution in [-0.2, 0) is 4.74 Å². The highest BCUT2D eigenvalue weighted by molar-refractivity contribution is 5.99. The highest BCUT2D eigenvalue weighted by atomic mass is 16.5. The molecule has 0 N–H and O–H groups in total. The Morgan fingerprint density at radius 3 is 2.25 bits per heavy atom. The van der Waals surface area contributed by atoms with Crippen LogP contribution in [0.25, 0.3) is 11.0 Å². The molecule has 0 bridgehead atoms. The molecule has 3 aromatic rings. The quantitative estimate of drug-likeness (QED) is 0.558. The van der Waals surface area contributed by atoms with Gasteiger partial charge in [0.2, 0.25) is 11.5 Å². The van der Waals surface area contributed by atoms with Gasteiger partial charge in [0, 0.05) is 13.7 Å². The van der Waals surface area contributed by atoms with E-state index in [2.05, 4.69) is 0 Å². The molecular weight excluding hydrogens is 414 g/mol. The average molecular weight is 439 g/mol. The molecule has 1 amide bonds. The summed E-state index contributed by atoms with van der Waals surface area (Å²) in [7, 11) is 6.11. The minimum atomic E-state index is -0.692. The van der Waals surface area contributed by atoms with E-state index in [1.165, 1.54) is 21.3 Å². The number of amides is 1. The van der Waals surface area contributed by atoms with Gasteiger partial charge in [0.15, 0.2) is 16.9 Å². The first-order chi connectivity index (χ1) is 15.4. The molecule has 0 radical (unpaired) electrons. The van der Waals surface area contributed by atoms with Crippen molar-refractivity contribution in [1.82, 2.24) is 4.90 Å². The van der Waals surface area contributed by atoms with Crippen LogP contribution >= 0.6 is 0 Å². The van der Waals surface area contributed by atoms with Gasteiger partial charge in [-0.25, -0.2) is 0 Å². The number of hydrogen-bond donors (Lipinski definition) is 0. The van der Waals surface area contributed by atoms with E-state index >= 15 is 0 Å². The molecule has 32 heavy (non-hydrogen) atoms. The lowest BCUT2D eigenvalue weighted by atomic mass is 9.97. The van der Waals surface area contributed by atoms with Crippen LogP contribution in [0.4, 0.5) is 0 Å². The number of fused-ring (bicyclic) bond motifs is 2. The van der Waals surface area contributed by atoms with Crippen LogP contribution in [0.2, 0.25) is 0 Å². The Morgan fingerprint density at radius 1 is 0.969 bits per heavy atom. The Bertz CT molecular complexity index is 1220. The maximum absolute atomic E-state index is 13.6. The molecule has 1 aliphatic heterocycles. The fraction of sp³-hybridized carbons (Fsp3) is 0.333. The zero-order valence-corrected chi connectivity index (χ0v) is 18.7. The zero-order valence-electron chi connectivity index (χ0n) is 18.7. The van der Waals surface area contributed by atoms with Crippen LogP contribution in [0.5, 0.6) is 17.2 Å². The fourth-order valence-corrected chi connectivity index (χ4v) is 4.16. The summed E-state index contributed by atoms with van der Waals surface area (Å²) in [5, 5.41) is 0.433. The van der Waals surface area contributed by atoms with E-state index in [1.807, 2.05) is 13.0 Å². The van der Waals surface area contributed by atoms with E-state index in [9.17, 15) is 9.59 Å². The van der Waals surface area contributed by atoms with E-state index < -0.39 is 6.04 Å². The molecule has 1 aliphatic rings. The van der Waals surface area contributed by atoms with E-state index in [0.29, 0.717) is 46.0 Å². The summed E-state index contributed by atoms with van der Waals surface area (Å²) in [4.78, 5) is 28.5. The van der Waals surface area contributed by atoms with Crippen molar-refractivity contribution in [2.24, 2.45) is 0 Å². The van der Waals surface area contributed by atoms with Crippen LogP contribution < -0.4 is 19.6 Å². The topological polar surface area (TPSA) is 87.4 Å². The first-order valence-corrected chi connectivity index (χ1v) is 10.1. The molecule has 1 aromatic heterocycles. The summed E-state index contributed by atoms with van der Waals surface area (Å²) in [6, 6.07) is 8.13. The number of carbonyl (C=O) groups excluding carboxylic acids is 1. The summed E-state index contributed by atoms with van der Waals surface area (Å²) in [6.07, 6.45) is 0. The molecule has 4 rings (SSSR count). The maximum atomic E-state index is 13.6. The maximum Gasteiger partial charge on any atom is 0.290 e. The highest BCUT2D eigenvalue weighted by Gasteiger charge is 2.43. The second-order valence-corrected chi connectivity index (χ2v) is 7.53. The van der Waals surface area contributed by atoms with Gasteiger partial charge in [-0.1, -0.05) is 11.6 Å². The summed E-state index contributed by atoms with van der Waals surface area (Å²) >= 11 is 0. The summed E-state index contributed by atoms with van der Waals surface area (Å²) < 4.78 is 27.6. The molecule has 0 fully saturated rings. The van der Waals surface area contributed by atoms with Crippen LogP contribution in [-0.4, -0.2) is 52.4 Å². The fourth-order valence-electron chi connectivity index (χ4n) is 4.16. The number of methoxy groups -OCH3 is 4. The largest absolute Gasteiger partial charge is 0.493 e. The predicted molar refractivity (Wildman–Crippen MR) is 118 cm³/mol. The standard InChI is InChI=1S/C24H25NO7/c1-13-6-7-16-15(10-13)21(26)19-20(25(8-9-28-2)24(27)23(19)32-16)14-11-17(29-3)22(31-5)18(12-14)30-4/h6-7,10-12,20H,8-9H2,1-5H3/t20-/m1/s1. The van der Waals surface area contributed by atoms with Gasteiger partial charge in [0.25, 0.3) is 5.91 Å². The van der Waals surface area contributed by atoms with Gasteiger partial charge in [-0.2, -0.15) is 0 Å². The molecule has 8 nitrogen and oxygen atoms in total. The minimum absolute atomic E-state index is 0.0428. The molecule has 0 spiro atoms. The third kappa shape index (κ3) is 3.36. The van der Waals surface area contributed by atoms with Gasteiger partial charge in [-0.05, 0) is 36.8 Å². The third-order valence-electron chi connectivity index (χ3n) is 5.66. The molecule has 0 aliphatic carbocycles. The molecule has 0 saturated carbocycles. The normalized spacial score (nSPS) is 15.2. The average Bonchev–Trinajstić information content (AvgIpc) is 3.08. The van der Waals surface area contributed by atoms with Crippen molar-refractivity contribution in [2.45, 2.75) is 13.0 Å². The second-order valence-electron chi connectivity index (χ2n) is 7.53. The van der Waals surface area contributed by atoms with E-state index in [-0.39, 0.29) is 23.6 Å². The Morgan fingerprint density at radius 2 is 1.66 bits per heavy atom. The third-order valence-corrected chi connectivity index (χ3v) is 5.66. The molecular formula is C24H25NO7.